The van der Waals surface area contributed by atoms with E-state index in [0.29, 0.717) is 6.42 Å². The molecule has 1 aromatic rings. The number of Topliss-reactive ketones (excluding diaryl/α,β-unsaturated/α-hetero) is 1. The van der Waals surface area contributed by atoms with Gasteiger partial charge >= 0.3 is 0 Å². The Bertz CT molecular complexity index is 938. The molecule has 0 radical (unpaired) electrons. The Hall–Kier alpha value is -2.09. The van der Waals surface area contributed by atoms with Crippen molar-refractivity contribution in [3.05, 3.63) is 62.8 Å². The lowest BCUT2D eigenvalue weighted by molar-refractivity contribution is 0.0468. The third kappa shape index (κ3) is 6.70. The zero-order valence-corrected chi connectivity index (χ0v) is 22.0. The molecule has 0 amide bonds. The molecule has 176 valence electrons. The summed E-state index contributed by atoms with van der Waals surface area (Å²) in [5, 5.41) is 0. The zero-order chi connectivity index (χ0) is 24.1. The Labute approximate surface area is 196 Å². The number of benzene rings is 1. The first-order chi connectivity index (χ1) is 14.9. The van der Waals surface area contributed by atoms with Crippen LogP contribution in [0.15, 0.2) is 34.9 Å². The summed E-state index contributed by atoms with van der Waals surface area (Å²) in [5.41, 5.74) is 9.31. The van der Waals surface area contributed by atoms with Crippen LogP contribution >= 0.6 is 0 Å². The van der Waals surface area contributed by atoms with Gasteiger partial charge < -0.3 is 4.74 Å². The molecule has 0 saturated heterocycles. The van der Waals surface area contributed by atoms with E-state index in [-0.39, 0.29) is 5.78 Å². The van der Waals surface area contributed by atoms with Gasteiger partial charge in [0.15, 0.2) is 5.78 Å². The van der Waals surface area contributed by atoms with Gasteiger partial charge in [0.05, 0.1) is 12.0 Å². The number of hydrogen-bond donors (Lipinski definition) is 0. The number of fused-ring (bicyclic) bond motifs is 1. The van der Waals surface area contributed by atoms with Crippen LogP contribution < -0.4 is 4.74 Å². The van der Waals surface area contributed by atoms with Gasteiger partial charge in [0.1, 0.15) is 11.4 Å². The molecule has 1 aliphatic heterocycles. The number of hydrogen-bond acceptors (Lipinski definition) is 2. The van der Waals surface area contributed by atoms with E-state index in [1.165, 1.54) is 27.8 Å². The second-order valence-corrected chi connectivity index (χ2v) is 10.4. The van der Waals surface area contributed by atoms with Gasteiger partial charge in [-0.15, -0.1) is 0 Å². The van der Waals surface area contributed by atoms with E-state index in [0.717, 1.165) is 61.0 Å². The lowest BCUT2D eigenvalue weighted by Gasteiger charge is -2.37. The van der Waals surface area contributed by atoms with Crippen LogP contribution in [0.1, 0.15) is 112 Å². The van der Waals surface area contributed by atoms with Crippen LogP contribution in [0.5, 0.6) is 5.75 Å². The third-order valence-corrected chi connectivity index (χ3v) is 7.08. The van der Waals surface area contributed by atoms with Crippen LogP contribution in [0, 0.1) is 27.7 Å². The van der Waals surface area contributed by atoms with Gasteiger partial charge in [0.25, 0.3) is 0 Å². The molecule has 1 atom stereocenters. The molecule has 0 saturated carbocycles. The Morgan fingerprint density at radius 1 is 0.812 bits per heavy atom. The van der Waals surface area contributed by atoms with Crippen molar-refractivity contribution >= 4 is 5.78 Å². The molecule has 0 bridgehead atoms. The fraction of sp³-hybridized carbons (Fsp3) is 0.567. The summed E-state index contributed by atoms with van der Waals surface area (Å²) in [6.07, 6.45) is 13.8. The van der Waals surface area contributed by atoms with E-state index >= 15 is 0 Å². The maximum Gasteiger partial charge on any atom is 0.170 e. The van der Waals surface area contributed by atoms with Crippen LogP contribution in [-0.4, -0.2) is 11.4 Å². The Morgan fingerprint density at radius 3 is 1.94 bits per heavy atom. The van der Waals surface area contributed by atoms with Crippen molar-refractivity contribution < 1.29 is 9.53 Å². The second kappa shape index (κ2) is 11.2. The van der Waals surface area contributed by atoms with Crippen LogP contribution in [-0.2, 0) is 0 Å². The summed E-state index contributed by atoms with van der Waals surface area (Å²) < 4.78 is 6.52. The van der Waals surface area contributed by atoms with Crippen molar-refractivity contribution in [2.45, 2.75) is 113 Å². The molecule has 2 heteroatoms. The molecule has 0 N–H and O–H groups in total. The van der Waals surface area contributed by atoms with Crippen LogP contribution in [0.25, 0.3) is 0 Å². The van der Waals surface area contributed by atoms with Crippen molar-refractivity contribution in [2.75, 3.05) is 0 Å². The standard InChI is InChI=1S/C30H44O2/c1-20(2)13-10-14-21(3)15-11-16-22(4)17-12-18-30(9)19-27(31)28-25(7)23(5)24(6)26(8)29(28)32-30/h13,15,17H,10-12,14,16,18-19H2,1-9H3/b21-15+,22-17+. The summed E-state index contributed by atoms with van der Waals surface area (Å²) in [6, 6.07) is 0. The summed E-state index contributed by atoms with van der Waals surface area (Å²) in [7, 11) is 0. The van der Waals surface area contributed by atoms with E-state index in [1.807, 2.05) is 6.92 Å². The van der Waals surface area contributed by atoms with E-state index in [4.69, 9.17) is 4.74 Å². The molecule has 2 rings (SSSR count). The predicted octanol–water partition coefficient (Wildman–Crippen LogP) is 8.84. The SMILES string of the molecule is CC(C)=CCC/C(C)=C/CC/C(C)=C/CCC1(C)CC(=O)c2c(C)c(C)c(C)c(C)c2O1. The average Bonchev–Trinajstić information content (AvgIpc) is 2.69. The molecule has 0 fully saturated rings. The highest BCUT2D eigenvalue weighted by atomic mass is 16.5. The highest BCUT2D eigenvalue weighted by Crippen LogP contribution is 2.42. The van der Waals surface area contributed by atoms with Gasteiger partial charge in [-0.05, 0) is 123 Å². The lowest BCUT2D eigenvalue weighted by Crippen LogP contribution is -2.40. The first-order valence-corrected chi connectivity index (χ1v) is 12.2. The second-order valence-electron chi connectivity index (χ2n) is 10.4. The number of carbonyl (C=O) groups is 1. The first-order valence-electron chi connectivity index (χ1n) is 12.2. The summed E-state index contributed by atoms with van der Waals surface area (Å²) in [4.78, 5) is 13.0. The van der Waals surface area contributed by atoms with Gasteiger partial charge in [0.2, 0.25) is 0 Å². The minimum Gasteiger partial charge on any atom is -0.486 e. The maximum absolute atomic E-state index is 13.0. The van der Waals surface area contributed by atoms with Gasteiger partial charge in [-0.3, -0.25) is 4.79 Å². The first kappa shape index (κ1) is 26.2. The summed E-state index contributed by atoms with van der Waals surface area (Å²) in [5.74, 6) is 1.05. The third-order valence-electron chi connectivity index (χ3n) is 7.08. The smallest absolute Gasteiger partial charge is 0.170 e. The molecule has 0 spiro atoms. The molecule has 32 heavy (non-hydrogen) atoms. The number of rotatable bonds is 9. The molecular formula is C30H44O2. The Morgan fingerprint density at radius 2 is 1.34 bits per heavy atom. The molecule has 0 aromatic heterocycles. The maximum atomic E-state index is 13.0. The number of ether oxygens (including phenoxy) is 1. The Kier molecular flexibility index (Phi) is 9.13. The number of ketones is 1. The predicted molar refractivity (Wildman–Crippen MR) is 138 cm³/mol. The minimum absolute atomic E-state index is 0.229. The highest BCUT2D eigenvalue weighted by molar-refractivity contribution is 6.02. The molecular weight excluding hydrogens is 392 g/mol. The quantitative estimate of drug-likeness (QED) is 0.361. The monoisotopic (exact) mass is 436 g/mol. The molecule has 0 aliphatic carbocycles. The van der Waals surface area contributed by atoms with Gasteiger partial charge in [-0.2, -0.15) is 0 Å². The van der Waals surface area contributed by atoms with Crippen molar-refractivity contribution in [3.63, 3.8) is 0 Å². The van der Waals surface area contributed by atoms with E-state index in [1.54, 1.807) is 0 Å². The fourth-order valence-electron chi connectivity index (χ4n) is 4.55. The fourth-order valence-corrected chi connectivity index (χ4v) is 4.55. The summed E-state index contributed by atoms with van der Waals surface area (Å²) >= 11 is 0. The average molecular weight is 437 g/mol. The van der Waals surface area contributed by atoms with Gasteiger partial charge in [0, 0.05) is 0 Å². The van der Waals surface area contributed by atoms with E-state index in [2.05, 4.69) is 73.6 Å². The molecule has 1 heterocycles. The van der Waals surface area contributed by atoms with Crippen molar-refractivity contribution in [1.82, 2.24) is 0 Å². The molecule has 1 unspecified atom stereocenters. The zero-order valence-electron chi connectivity index (χ0n) is 22.0. The van der Waals surface area contributed by atoms with E-state index in [9.17, 15) is 4.79 Å². The van der Waals surface area contributed by atoms with Crippen LogP contribution in [0.3, 0.4) is 0 Å². The van der Waals surface area contributed by atoms with E-state index < -0.39 is 5.60 Å². The molecule has 1 aromatic carbocycles. The van der Waals surface area contributed by atoms with Crippen molar-refractivity contribution in [1.29, 1.82) is 0 Å². The van der Waals surface area contributed by atoms with Crippen LogP contribution in [0.2, 0.25) is 0 Å². The topological polar surface area (TPSA) is 26.3 Å². The highest BCUT2D eigenvalue weighted by Gasteiger charge is 2.38. The van der Waals surface area contributed by atoms with Crippen molar-refractivity contribution in [3.8, 4) is 5.75 Å². The number of allylic oxidation sites excluding steroid dienone is 6. The molecule has 2 nitrogen and oxygen atoms in total. The minimum atomic E-state index is -0.429. The van der Waals surface area contributed by atoms with Crippen molar-refractivity contribution in [2.24, 2.45) is 0 Å². The van der Waals surface area contributed by atoms with Gasteiger partial charge in [-0.1, -0.05) is 34.9 Å². The number of carbonyl (C=O) groups excluding carboxylic acids is 1. The molecule has 1 aliphatic rings. The summed E-state index contributed by atoms with van der Waals surface area (Å²) in [6.45, 7) is 19.2. The van der Waals surface area contributed by atoms with Gasteiger partial charge in [-0.25, -0.2) is 0 Å². The Balaban J connectivity index is 1.95. The van der Waals surface area contributed by atoms with Crippen LogP contribution in [0.4, 0.5) is 0 Å². The normalized spacial score (nSPS) is 19.0. The lowest BCUT2D eigenvalue weighted by atomic mass is 9.83. The largest absolute Gasteiger partial charge is 0.486 e.